The first-order valence-electron chi connectivity index (χ1n) is 21.2. The Morgan fingerprint density at radius 2 is 0.935 bits per heavy atom. The second kappa shape index (κ2) is 13.6. The Labute approximate surface area is 357 Å². The first-order chi connectivity index (χ1) is 30.7. The third-order valence-corrected chi connectivity index (χ3v) is 12.7. The molecule has 0 saturated carbocycles. The minimum absolute atomic E-state index is 0.802. The smallest absolute Gasteiger partial charge is 0.165 e. The molecule has 0 unspecified atom stereocenters. The first kappa shape index (κ1) is 34.5. The van der Waals surface area contributed by atoms with E-state index in [1.165, 1.54) is 65.3 Å². The van der Waals surface area contributed by atoms with Crippen LogP contribution in [0.4, 0.5) is 0 Å². The summed E-state index contributed by atoms with van der Waals surface area (Å²) in [5, 5.41) is 9.62. The zero-order valence-corrected chi connectivity index (χ0v) is 33.6. The summed E-state index contributed by atoms with van der Waals surface area (Å²) in [5.74, 6) is 0.802. The largest absolute Gasteiger partial charge is 0.309 e. The van der Waals surface area contributed by atoms with Crippen molar-refractivity contribution in [2.45, 2.75) is 0 Å². The van der Waals surface area contributed by atoms with Gasteiger partial charge in [-0.2, -0.15) is 0 Å². The summed E-state index contributed by atoms with van der Waals surface area (Å²) in [5.41, 5.74) is 13.9. The van der Waals surface area contributed by atoms with Crippen LogP contribution >= 0.6 is 0 Å². The van der Waals surface area contributed by atoms with Gasteiger partial charge in [0.05, 0.1) is 33.1 Å². The minimum Gasteiger partial charge on any atom is -0.309 e. The summed E-state index contributed by atoms with van der Waals surface area (Å²) < 4.78 is 4.80. The standard InChI is InChI=1S/C58H36N4/c1-2-13-37(14-3-1)39-25-27-41(28-26-39)56-58(60-51-22-10-9-21-50(51)59-56)62-53-24-12-20-45(55(53)49-34-30-40-16-6-7-18-46(40)57(49)62)43-31-33-48-47-19-8-11-23-52(47)61(54(48)36-43)44-32-29-38-15-4-5-17-42(38)35-44/h1-36H. The van der Waals surface area contributed by atoms with Gasteiger partial charge in [-0.3, -0.25) is 4.57 Å². The predicted molar refractivity (Wildman–Crippen MR) is 260 cm³/mol. The Balaban J connectivity index is 1.09. The molecule has 0 N–H and O–H groups in total. The first-order valence-corrected chi connectivity index (χ1v) is 21.2. The van der Waals surface area contributed by atoms with Gasteiger partial charge in [-0.1, -0.05) is 176 Å². The van der Waals surface area contributed by atoms with E-state index in [0.717, 1.165) is 56.0 Å². The number of hydrogen-bond donors (Lipinski definition) is 0. The molecule has 0 radical (unpaired) electrons. The molecule has 0 aliphatic carbocycles. The van der Waals surface area contributed by atoms with Gasteiger partial charge in [0.25, 0.3) is 0 Å². The molecule has 10 aromatic carbocycles. The maximum atomic E-state index is 5.51. The second-order valence-corrected chi connectivity index (χ2v) is 16.2. The fourth-order valence-corrected chi connectivity index (χ4v) is 9.81. The Kier molecular flexibility index (Phi) is 7.57. The SMILES string of the molecule is c1ccc(-c2ccc(-c3nc4ccccc4nc3-n3c4cccc(-c5ccc6c7ccccc7n(-c7ccc8ccccc8c7)c6c5)c4c4ccc5ccccc5c43)cc2)cc1. The van der Waals surface area contributed by atoms with Crippen LogP contribution in [0.2, 0.25) is 0 Å². The van der Waals surface area contributed by atoms with E-state index in [0.29, 0.717) is 0 Å². The molecule has 0 aliphatic rings. The second-order valence-electron chi connectivity index (χ2n) is 16.2. The van der Waals surface area contributed by atoms with Crippen molar-refractivity contribution in [2.24, 2.45) is 0 Å². The van der Waals surface area contributed by atoms with Gasteiger partial charge in [0.2, 0.25) is 0 Å². The molecule has 0 spiro atoms. The van der Waals surface area contributed by atoms with Gasteiger partial charge < -0.3 is 4.57 Å². The lowest BCUT2D eigenvalue weighted by Gasteiger charge is -2.15. The molecule has 3 heterocycles. The van der Waals surface area contributed by atoms with Crippen LogP contribution in [0.5, 0.6) is 0 Å². The van der Waals surface area contributed by atoms with Crippen molar-refractivity contribution in [3.63, 3.8) is 0 Å². The van der Waals surface area contributed by atoms with Crippen molar-refractivity contribution < 1.29 is 0 Å². The van der Waals surface area contributed by atoms with Crippen LogP contribution in [-0.2, 0) is 0 Å². The highest BCUT2D eigenvalue weighted by molar-refractivity contribution is 6.23. The average molecular weight is 789 g/mol. The molecule has 0 bridgehead atoms. The zero-order valence-electron chi connectivity index (χ0n) is 33.6. The van der Waals surface area contributed by atoms with E-state index < -0.39 is 0 Å². The average Bonchev–Trinajstić information content (AvgIpc) is 3.87. The van der Waals surface area contributed by atoms with Gasteiger partial charge in [0.15, 0.2) is 5.82 Å². The van der Waals surface area contributed by atoms with E-state index in [4.69, 9.17) is 9.97 Å². The molecule has 13 rings (SSSR count). The van der Waals surface area contributed by atoms with E-state index in [2.05, 4.69) is 215 Å². The predicted octanol–water partition coefficient (Wildman–Crippen LogP) is 15.1. The zero-order chi connectivity index (χ0) is 40.7. The maximum absolute atomic E-state index is 5.51. The number of para-hydroxylation sites is 3. The Morgan fingerprint density at radius 1 is 0.323 bits per heavy atom. The van der Waals surface area contributed by atoms with Crippen LogP contribution in [0.1, 0.15) is 0 Å². The van der Waals surface area contributed by atoms with Crippen molar-refractivity contribution in [3.8, 4) is 45.0 Å². The highest BCUT2D eigenvalue weighted by atomic mass is 15.1. The number of fused-ring (bicyclic) bond motifs is 10. The van der Waals surface area contributed by atoms with Gasteiger partial charge >= 0.3 is 0 Å². The summed E-state index contributed by atoms with van der Waals surface area (Å²) in [7, 11) is 0. The van der Waals surface area contributed by atoms with Crippen LogP contribution in [0.3, 0.4) is 0 Å². The molecule has 0 atom stereocenters. The number of rotatable bonds is 5. The van der Waals surface area contributed by atoms with Gasteiger partial charge in [-0.15, -0.1) is 0 Å². The minimum atomic E-state index is 0.802. The van der Waals surface area contributed by atoms with Crippen LogP contribution < -0.4 is 0 Å². The number of benzene rings is 10. The highest BCUT2D eigenvalue weighted by Crippen LogP contribution is 2.44. The summed E-state index contributed by atoms with van der Waals surface area (Å²) in [6.45, 7) is 0. The summed E-state index contributed by atoms with van der Waals surface area (Å²) in [6.07, 6.45) is 0. The number of aromatic nitrogens is 4. The van der Waals surface area contributed by atoms with Gasteiger partial charge in [-0.25, -0.2) is 9.97 Å². The van der Waals surface area contributed by atoms with E-state index in [-0.39, 0.29) is 0 Å². The highest BCUT2D eigenvalue weighted by Gasteiger charge is 2.23. The summed E-state index contributed by atoms with van der Waals surface area (Å²) in [4.78, 5) is 10.9. The van der Waals surface area contributed by atoms with Crippen molar-refractivity contribution in [2.75, 3.05) is 0 Å². The van der Waals surface area contributed by atoms with Gasteiger partial charge in [-0.05, 0) is 80.9 Å². The topological polar surface area (TPSA) is 35.6 Å². The Hall–Kier alpha value is -8.34. The molecule has 62 heavy (non-hydrogen) atoms. The third-order valence-electron chi connectivity index (χ3n) is 12.7. The monoisotopic (exact) mass is 788 g/mol. The molecule has 4 heteroatoms. The quantitative estimate of drug-likeness (QED) is 0.174. The normalized spacial score (nSPS) is 11.9. The fraction of sp³-hybridized carbons (Fsp3) is 0. The Bertz CT molecular complexity index is 3910. The molecule has 13 aromatic rings. The van der Waals surface area contributed by atoms with Crippen LogP contribution in [-0.4, -0.2) is 19.1 Å². The lowest BCUT2D eigenvalue weighted by atomic mass is 9.97. The molecule has 0 saturated heterocycles. The lowest BCUT2D eigenvalue weighted by Crippen LogP contribution is -2.04. The molecule has 0 amide bonds. The van der Waals surface area contributed by atoms with Crippen molar-refractivity contribution in [3.05, 3.63) is 218 Å². The van der Waals surface area contributed by atoms with E-state index in [1.807, 2.05) is 12.1 Å². The molecule has 0 fully saturated rings. The van der Waals surface area contributed by atoms with Crippen molar-refractivity contribution in [1.82, 2.24) is 19.1 Å². The summed E-state index contributed by atoms with van der Waals surface area (Å²) >= 11 is 0. The van der Waals surface area contributed by atoms with Crippen LogP contribution in [0.15, 0.2) is 218 Å². The van der Waals surface area contributed by atoms with E-state index in [9.17, 15) is 0 Å². The molecule has 4 nitrogen and oxygen atoms in total. The number of hydrogen-bond acceptors (Lipinski definition) is 2. The van der Waals surface area contributed by atoms with E-state index >= 15 is 0 Å². The van der Waals surface area contributed by atoms with Crippen molar-refractivity contribution in [1.29, 1.82) is 0 Å². The molecule has 0 aliphatic heterocycles. The van der Waals surface area contributed by atoms with Crippen LogP contribution in [0, 0.1) is 0 Å². The molecular weight excluding hydrogens is 753 g/mol. The molecule has 3 aromatic heterocycles. The molecule has 288 valence electrons. The summed E-state index contributed by atoms with van der Waals surface area (Å²) in [6, 6.07) is 78.6. The third kappa shape index (κ3) is 5.27. The Morgan fingerprint density at radius 3 is 1.79 bits per heavy atom. The maximum Gasteiger partial charge on any atom is 0.165 e. The van der Waals surface area contributed by atoms with Gasteiger partial charge in [0, 0.05) is 38.2 Å². The lowest BCUT2D eigenvalue weighted by molar-refractivity contribution is 1.08. The van der Waals surface area contributed by atoms with Crippen molar-refractivity contribution >= 4 is 76.2 Å². The number of nitrogens with zero attached hydrogens (tertiary/aromatic N) is 4. The molecular formula is C58H36N4. The van der Waals surface area contributed by atoms with E-state index in [1.54, 1.807) is 0 Å². The van der Waals surface area contributed by atoms with Gasteiger partial charge in [0.1, 0.15) is 5.69 Å². The van der Waals surface area contributed by atoms with Crippen LogP contribution in [0.25, 0.3) is 121 Å². The fourth-order valence-electron chi connectivity index (χ4n) is 9.81.